The van der Waals surface area contributed by atoms with E-state index in [4.69, 9.17) is 4.74 Å². The summed E-state index contributed by atoms with van der Waals surface area (Å²) in [5.41, 5.74) is 4.22. The summed E-state index contributed by atoms with van der Waals surface area (Å²) in [4.78, 5) is 0. The van der Waals surface area contributed by atoms with E-state index in [1.165, 1.54) is 0 Å². The van der Waals surface area contributed by atoms with Gasteiger partial charge in [-0.1, -0.05) is 62.2 Å². The molecule has 0 aliphatic carbocycles. The van der Waals surface area contributed by atoms with Crippen LogP contribution in [0.2, 0.25) is 0 Å². The fourth-order valence-corrected chi connectivity index (χ4v) is 3.35. The second-order valence-electron chi connectivity index (χ2n) is 5.06. The van der Waals surface area contributed by atoms with Gasteiger partial charge in [-0.25, -0.2) is 0 Å². The molecule has 4 rings (SSSR count). The normalized spacial score (nSPS) is 11.9. The van der Waals surface area contributed by atoms with E-state index in [1.807, 2.05) is 42.5 Å². The number of hydrogen-bond acceptors (Lipinski definition) is 2. The molecule has 1 aliphatic rings. The van der Waals surface area contributed by atoms with Crippen LogP contribution in [0, 0.1) is 0 Å². The van der Waals surface area contributed by atoms with Crippen LogP contribution in [0.15, 0.2) is 69.6 Å². The standard InChI is InChI=1S/C18H11Br2NO/c19-12-6-7-15-16(9-12)22-17-10-13(20)8-14(18(17)21-15)11-4-2-1-3-5-11/h1-10,21H. The highest BCUT2D eigenvalue weighted by Gasteiger charge is 2.21. The fraction of sp³-hybridized carbons (Fsp3) is 0. The zero-order valence-corrected chi connectivity index (χ0v) is 14.6. The molecule has 0 radical (unpaired) electrons. The predicted molar refractivity (Wildman–Crippen MR) is 97.1 cm³/mol. The summed E-state index contributed by atoms with van der Waals surface area (Å²) in [6.07, 6.45) is 0. The third kappa shape index (κ3) is 2.42. The highest BCUT2D eigenvalue weighted by atomic mass is 79.9. The number of anilines is 2. The molecule has 0 atom stereocenters. The second-order valence-corrected chi connectivity index (χ2v) is 6.89. The first kappa shape index (κ1) is 13.9. The van der Waals surface area contributed by atoms with E-state index in [1.54, 1.807) is 0 Å². The number of rotatable bonds is 1. The third-order valence-corrected chi connectivity index (χ3v) is 4.53. The number of fused-ring (bicyclic) bond motifs is 2. The molecule has 3 aromatic carbocycles. The Morgan fingerprint density at radius 1 is 0.773 bits per heavy atom. The minimum atomic E-state index is 0.818. The monoisotopic (exact) mass is 415 g/mol. The Bertz CT molecular complexity index is 862. The van der Waals surface area contributed by atoms with Gasteiger partial charge >= 0.3 is 0 Å². The maximum atomic E-state index is 6.08. The van der Waals surface area contributed by atoms with Gasteiger partial charge in [0.2, 0.25) is 0 Å². The van der Waals surface area contributed by atoms with Crippen molar-refractivity contribution in [2.45, 2.75) is 0 Å². The van der Waals surface area contributed by atoms with Crippen molar-refractivity contribution >= 4 is 43.2 Å². The smallest absolute Gasteiger partial charge is 0.152 e. The van der Waals surface area contributed by atoms with Crippen LogP contribution in [0.4, 0.5) is 11.4 Å². The van der Waals surface area contributed by atoms with Gasteiger partial charge in [-0.2, -0.15) is 0 Å². The molecule has 0 saturated carbocycles. The molecule has 3 aromatic rings. The van der Waals surface area contributed by atoms with Gasteiger partial charge in [-0.05, 0) is 35.9 Å². The molecule has 0 bridgehead atoms. The van der Waals surface area contributed by atoms with Gasteiger partial charge in [0.25, 0.3) is 0 Å². The van der Waals surface area contributed by atoms with Gasteiger partial charge in [0, 0.05) is 14.5 Å². The highest BCUT2D eigenvalue weighted by molar-refractivity contribution is 9.10. The Labute approximate surface area is 145 Å². The highest BCUT2D eigenvalue weighted by Crippen LogP contribution is 2.48. The van der Waals surface area contributed by atoms with Crippen molar-refractivity contribution in [3.63, 3.8) is 0 Å². The third-order valence-electron chi connectivity index (χ3n) is 3.57. The van der Waals surface area contributed by atoms with E-state index in [0.29, 0.717) is 0 Å². The minimum absolute atomic E-state index is 0.818. The Balaban J connectivity index is 1.89. The van der Waals surface area contributed by atoms with Crippen LogP contribution < -0.4 is 10.1 Å². The zero-order chi connectivity index (χ0) is 15.1. The van der Waals surface area contributed by atoms with Gasteiger partial charge in [0.15, 0.2) is 11.5 Å². The molecular weight excluding hydrogens is 406 g/mol. The van der Waals surface area contributed by atoms with Gasteiger partial charge in [-0.3, -0.25) is 0 Å². The molecule has 1 aliphatic heterocycles. The average molecular weight is 417 g/mol. The number of benzene rings is 3. The Hall–Kier alpha value is -1.78. The van der Waals surface area contributed by atoms with Crippen LogP contribution in [0.5, 0.6) is 11.5 Å². The maximum Gasteiger partial charge on any atom is 0.152 e. The molecule has 0 spiro atoms. The molecule has 108 valence electrons. The molecule has 22 heavy (non-hydrogen) atoms. The van der Waals surface area contributed by atoms with Crippen molar-refractivity contribution in [1.29, 1.82) is 0 Å². The van der Waals surface area contributed by atoms with Crippen LogP contribution in [-0.2, 0) is 0 Å². The molecule has 1 heterocycles. The molecule has 0 saturated heterocycles. The van der Waals surface area contributed by atoms with Gasteiger partial charge in [0.1, 0.15) is 0 Å². The van der Waals surface area contributed by atoms with Crippen LogP contribution >= 0.6 is 31.9 Å². The Kier molecular flexibility index (Phi) is 3.43. The molecule has 4 heteroatoms. The summed E-state index contributed by atoms with van der Waals surface area (Å²) in [5.74, 6) is 1.64. The lowest BCUT2D eigenvalue weighted by molar-refractivity contribution is 0.480. The summed E-state index contributed by atoms with van der Waals surface area (Å²) in [5, 5.41) is 3.50. The summed E-state index contributed by atoms with van der Waals surface area (Å²) >= 11 is 7.05. The molecule has 2 nitrogen and oxygen atoms in total. The second kappa shape index (κ2) is 5.45. The van der Waals surface area contributed by atoms with E-state index >= 15 is 0 Å². The fourth-order valence-electron chi connectivity index (χ4n) is 2.57. The van der Waals surface area contributed by atoms with Crippen molar-refractivity contribution < 1.29 is 4.74 Å². The van der Waals surface area contributed by atoms with Gasteiger partial charge < -0.3 is 10.1 Å². The molecule has 0 fully saturated rings. The molecule has 1 N–H and O–H groups in total. The van der Waals surface area contributed by atoms with Crippen LogP contribution in [0.3, 0.4) is 0 Å². The number of hydrogen-bond donors (Lipinski definition) is 1. The number of halogens is 2. The van der Waals surface area contributed by atoms with Crippen LogP contribution in [-0.4, -0.2) is 0 Å². The first-order chi connectivity index (χ1) is 10.7. The zero-order valence-electron chi connectivity index (χ0n) is 11.4. The predicted octanol–water partition coefficient (Wildman–Crippen LogP) is 6.73. The quantitative estimate of drug-likeness (QED) is 0.371. The topological polar surface area (TPSA) is 21.3 Å². The minimum Gasteiger partial charge on any atom is -0.453 e. The lowest BCUT2D eigenvalue weighted by atomic mass is 10.0. The van der Waals surface area contributed by atoms with Crippen molar-refractivity contribution in [2.75, 3.05) is 5.32 Å². The molecule has 0 amide bonds. The van der Waals surface area contributed by atoms with E-state index in [9.17, 15) is 0 Å². The van der Waals surface area contributed by atoms with E-state index in [-0.39, 0.29) is 0 Å². The SMILES string of the molecule is Brc1ccc2c(c1)Oc1cc(Br)cc(-c3ccccc3)c1N2. The van der Waals surface area contributed by atoms with Crippen molar-refractivity contribution in [1.82, 2.24) is 0 Å². The summed E-state index contributed by atoms with van der Waals surface area (Å²) < 4.78 is 8.06. The Morgan fingerprint density at radius 3 is 2.36 bits per heavy atom. The summed E-state index contributed by atoms with van der Waals surface area (Å²) in [6, 6.07) is 20.4. The number of nitrogens with one attached hydrogen (secondary N) is 1. The maximum absolute atomic E-state index is 6.08. The first-order valence-corrected chi connectivity index (χ1v) is 8.43. The van der Waals surface area contributed by atoms with E-state index < -0.39 is 0 Å². The lowest BCUT2D eigenvalue weighted by Gasteiger charge is -2.24. The van der Waals surface area contributed by atoms with Crippen LogP contribution in [0.25, 0.3) is 11.1 Å². The van der Waals surface area contributed by atoms with Crippen molar-refractivity contribution in [3.8, 4) is 22.6 Å². The molecule has 0 unspecified atom stereocenters. The Morgan fingerprint density at radius 2 is 1.55 bits per heavy atom. The van der Waals surface area contributed by atoms with Crippen molar-refractivity contribution in [2.24, 2.45) is 0 Å². The first-order valence-electron chi connectivity index (χ1n) is 6.84. The lowest BCUT2D eigenvalue weighted by Crippen LogP contribution is -2.04. The van der Waals surface area contributed by atoms with Gasteiger partial charge in [0.05, 0.1) is 11.4 Å². The van der Waals surface area contributed by atoms with E-state index in [0.717, 1.165) is 42.9 Å². The van der Waals surface area contributed by atoms with Gasteiger partial charge in [-0.15, -0.1) is 0 Å². The molecule has 0 aromatic heterocycles. The molecular formula is C18H11Br2NO. The summed E-state index contributed by atoms with van der Waals surface area (Å²) in [6.45, 7) is 0. The van der Waals surface area contributed by atoms with Crippen LogP contribution in [0.1, 0.15) is 0 Å². The average Bonchev–Trinajstić information content (AvgIpc) is 2.53. The number of ether oxygens (including phenoxy) is 1. The largest absolute Gasteiger partial charge is 0.453 e. The summed E-state index contributed by atoms with van der Waals surface area (Å²) in [7, 11) is 0. The van der Waals surface area contributed by atoms with E-state index in [2.05, 4.69) is 55.4 Å². The van der Waals surface area contributed by atoms with Crippen molar-refractivity contribution in [3.05, 3.63) is 69.6 Å².